The average molecular weight is 263 g/mol. The Morgan fingerprint density at radius 2 is 2.21 bits per heavy atom. The van der Waals surface area contributed by atoms with Gasteiger partial charge in [-0.2, -0.15) is 0 Å². The number of aromatic nitrogens is 1. The van der Waals surface area contributed by atoms with Crippen molar-refractivity contribution in [2.45, 2.75) is 45.9 Å². The Morgan fingerprint density at radius 1 is 1.47 bits per heavy atom. The summed E-state index contributed by atoms with van der Waals surface area (Å²) in [6.07, 6.45) is 0.532. The molecule has 0 saturated carbocycles. The fraction of sp³-hybridized carbons (Fsp3) is 0.571. The second kappa shape index (κ2) is 5.17. The van der Waals surface area contributed by atoms with Crippen LogP contribution in [-0.4, -0.2) is 28.1 Å². The summed E-state index contributed by atoms with van der Waals surface area (Å²) in [5.41, 5.74) is 8.10. The molecule has 5 nitrogen and oxygen atoms in total. The van der Waals surface area contributed by atoms with E-state index in [4.69, 9.17) is 10.5 Å². The molecule has 1 aliphatic rings. The fourth-order valence-electron chi connectivity index (χ4n) is 2.05. The topological polar surface area (TPSA) is 68.5 Å². The van der Waals surface area contributed by atoms with Crippen molar-refractivity contribution in [2.75, 3.05) is 6.54 Å². The zero-order valence-corrected chi connectivity index (χ0v) is 11.8. The van der Waals surface area contributed by atoms with Gasteiger partial charge in [0.25, 0.3) is 0 Å². The Hall–Kier alpha value is -1.62. The van der Waals surface area contributed by atoms with Crippen LogP contribution in [0.25, 0.3) is 0 Å². The highest BCUT2D eigenvalue weighted by molar-refractivity contribution is 5.68. The molecule has 0 radical (unpaired) electrons. The van der Waals surface area contributed by atoms with Crippen molar-refractivity contribution in [2.24, 2.45) is 5.73 Å². The van der Waals surface area contributed by atoms with E-state index in [9.17, 15) is 4.79 Å². The van der Waals surface area contributed by atoms with Crippen LogP contribution in [0.15, 0.2) is 12.1 Å². The summed E-state index contributed by atoms with van der Waals surface area (Å²) in [6, 6.07) is 4.00. The van der Waals surface area contributed by atoms with Gasteiger partial charge < -0.3 is 15.4 Å². The van der Waals surface area contributed by atoms with Crippen molar-refractivity contribution in [1.82, 2.24) is 9.88 Å². The first kappa shape index (κ1) is 13.8. The highest BCUT2D eigenvalue weighted by Crippen LogP contribution is 2.20. The number of carbonyl (C=O) groups excluding carboxylic acids is 1. The summed E-state index contributed by atoms with van der Waals surface area (Å²) in [5.74, 6) is 0. The third-order valence-corrected chi connectivity index (χ3v) is 2.98. The summed E-state index contributed by atoms with van der Waals surface area (Å²) in [6.45, 7) is 7.19. The molecular formula is C14H21N3O2. The molecule has 0 saturated heterocycles. The van der Waals surface area contributed by atoms with Gasteiger partial charge in [0.1, 0.15) is 5.60 Å². The molecule has 0 atom stereocenters. The lowest BCUT2D eigenvalue weighted by Gasteiger charge is -2.30. The van der Waals surface area contributed by atoms with Crippen LogP contribution >= 0.6 is 0 Å². The molecule has 104 valence electrons. The predicted molar refractivity (Wildman–Crippen MR) is 72.5 cm³/mol. The maximum absolute atomic E-state index is 12.0. The first-order chi connectivity index (χ1) is 8.89. The molecule has 0 unspecified atom stereocenters. The number of amides is 1. The molecule has 1 aromatic rings. The van der Waals surface area contributed by atoms with Gasteiger partial charge in [-0.3, -0.25) is 4.98 Å². The first-order valence-electron chi connectivity index (χ1n) is 6.55. The Morgan fingerprint density at radius 3 is 2.84 bits per heavy atom. The van der Waals surface area contributed by atoms with E-state index in [1.54, 1.807) is 4.90 Å². The van der Waals surface area contributed by atoms with Crippen LogP contribution < -0.4 is 5.73 Å². The molecule has 0 fully saturated rings. The number of carbonyl (C=O) groups is 1. The Labute approximate surface area is 113 Å². The largest absolute Gasteiger partial charge is 0.444 e. The third kappa shape index (κ3) is 3.44. The fourth-order valence-corrected chi connectivity index (χ4v) is 2.05. The number of nitrogens with zero attached hydrogens (tertiary/aromatic N) is 2. The molecule has 1 aliphatic heterocycles. The van der Waals surface area contributed by atoms with E-state index in [0.29, 0.717) is 19.6 Å². The van der Waals surface area contributed by atoms with E-state index in [0.717, 1.165) is 17.8 Å². The van der Waals surface area contributed by atoms with Gasteiger partial charge in [-0.15, -0.1) is 0 Å². The summed E-state index contributed by atoms with van der Waals surface area (Å²) in [5, 5.41) is 0. The number of nitrogens with two attached hydrogens (primary N) is 1. The number of hydrogen-bond donors (Lipinski definition) is 1. The van der Waals surface area contributed by atoms with E-state index in [1.165, 1.54) is 5.56 Å². The average Bonchev–Trinajstić information content (AvgIpc) is 2.35. The van der Waals surface area contributed by atoms with E-state index in [-0.39, 0.29) is 6.09 Å². The summed E-state index contributed by atoms with van der Waals surface area (Å²) in [4.78, 5) is 18.2. The standard InChI is InChI=1S/C14H21N3O2/c1-14(2,3)19-13(18)17-7-6-10-4-5-11(8-15)16-12(10)9-17/h4-5H,6-9,15H2,1-3H3. The molecule has 5 heteroatoms. The van der Waals surface area contributed by atoms with Crippen LogP contribution in [0.2, 0.25) is 0 Å². The zero-order chi connectivity index (χ0) is 14.0. The predicted octanol–water partition coefficient (Wildman–Crippen LogP) is 1.83. The molecular weight excluding hydrogens is 242 g/mol. The maximum Gasteiger partial charge on any atom is 0.410 e. The van der Waals surface area contributed by atoms with Gasteiger partial charge >= 0.3 is 6.09 Å². The smallest absolute Gasteiger partial charge is 0.410 e. The molecule has 0 aromatic carbocycles. The molecule has 19 heavy (non-hydrogen) atoms. The minimum atomic E-state index is -0.468. The molecule has 0 bridgehead atoms. The highest BCUT2D eigenvalue weighted by Gasteiger charge is 2.26. The molecule has 2 heterocycles. The van der Waals surface area contributed by atoms with Crippen molar-refractivity contribution in [3.8, 4) is 0 Å². The lowest BCUT2D eigenvalue weighted by molar-refractivity contribution is 0.0221. The summed E-state index contributed by atoms with van der Waals surface area (Å²) in [7, 11) is 0. The van der Waals surface area contributed by atoms with Crippen LogP contribution in [0.5, 0.6) is 0 Å². The van der Waals surface area contributed by atoms with Gasteiger partial charge in [0.05, 0.1) is 17.9 Å². The molecule has 1 amide bonds. The maximum atomic E-state index is 12.0. The Bertz CT molecular complexity index is 480. The minimum absolute atomic E-state index is 0.280. The summed E-state index contributed by atoms with van der Waals surface area (Å²) >= 11 is 0. The molecule has 0 aliphatic carbocycles. The lowest BCUT2D eigenvalue weighted by Crippen LogP contribution is -2.40. The van der Waals surface area contributed by atoms with E-state index in [1.807, 2.05) is 26.8 Å². The molecule has 1 aromatic heterocycles. The lowest BCUT2D eigenvalue weighted by atomic mass is 10.0. The first-order valence-corrected chi connectivity index (χ1v) is 6.55. The van der Waals surface area contributed by atoms with E-state index >= 15 is 0 Å². The van der Waals surface area contributed by atoms with E-state index in [2.05, 4.69) is 11.1 Å². The van der Waals surface area contributed by atoms with Crippen molar-refractivity contribution < 1.29 is 9.53 Å². The Kier molecular flexibility index (Phi) is 3.75. The van der Waals surface area contributed by atoms with Gasteiger partial charge in [-0.05, 0) is 38.8 Å². The number of hydrogen-bond acceptors (Lipinski definition) is 4. The van der Waals surface area contributed by atoms with Crippen LogP contribution in [0.3, 0.4) is 0 Å². The number of pyridine rings is 1. The molecule has 2 N–H and O–H groups in total. The zero-order valence-electron chi connectivity index (χ0n) is 11.8. The highest BCUT2D eigenvalue weighted by atomic mass is 16.6. The van der Waals surface area contributed by atoms with Crippen molar-refractivity contribution >= 4 is 6.09 Å². The van der Waals surface area contributed by atoms with Crippen LogP contribution in [0.4, 0.5) is 4.79 Å². The normalized spacial score (nSPS) is 15.1. The van der Waals surface area contributed by atoms with Gasteiger partial charge in [-0.25, -0.2) is 4.79 Å². The minimum Gasteiger partial charge on any atom is -0.444 e. The van der Waals surface area contributed by atoms with Gasteiger partial charge in [-0.1, -0.05) is 6.07 Å². The van der Waals surface area contributed by atoms with E-state index < -0.39 is 5.60 Å². The number of ether oxygens (including phenoxy) is 1. The van der Waals surface area contributed by atoms with Crippen LogP contribution in [-0.2, 0) is 24.2 Å². The van der Waals surface area contributed by atoms with Crippen molar-refractivity contribution in [3.05, 3.63) is 29.1 Å². The second-order valence-corrected chi connectivity index (χ2v) is 5.76. The van der Waals surface area contributed by atoms with Crippen LogP contribution in [0.1, 0.15) is 37.7 Å². The summed E-state index contributed by atoms with van der Waals surface area (Å²) < 4.78 is 5.38. The van der Waals surface area contributed by atoms with Crippen LogP contribution in [0, 0.1) is 0 Å². The number of fused-ring (bicyclic) bond motifs is 1. The third-order valence-electron chi connectivity index (χ3n) is 2.98. The van der Waals surface area contributed by atoms with Gasteiger partial charge in [0, 0.05) is 13.1 Å². The SMILES string of the molecule is CC(C)(C)OC(=O)N1CCc2ccc(CN)nc2C1. The monoisotopic (exact) mass is 263 g/mol. The second-order valence-electron chi connectivity index (χ2n) is 5.76. The van der Waals surface area contributed by atoms with Crippen molar-refractivity contribution in [1.29, 1.82) is 0 Å². The van der Waals surface area contributed by atoms with Gasteiger partial charge in [0.15, 0.2) is 0 Å². The molecule has 0 spiro atoms. The van der Waals surface area contributed by atoms with Crippen molar-refractivity contribution in [3.63, 3.8) is 0 Å². The van der Waals surface area contributed by atoms with Gasteiger partial charge in [0.2, 0.25) is 0 Å². The molecule has 2 rings (SSSR count). The Balaban J connectivity index is 2.10. The number of rotatable bonds is 1. The quantitative estimate of drug-likeness (QED) is 0.839.